The van der Waals surface area contributed by atoms with Crippen LogP contribution in [-0.4, -0.2) is 48.6 Å². The van der Waals surface area contributed by atoms with Gasteiger partial charge >= 0.3 is 0 Å². The average Bonchev–Trinajstić information content (AvgIpc) is 2.99. The van der Waals surface area contributed by atoms with Gasteiger partial charge in [0.2, 0.25) is 17.7 Å². The Morgan fingerprint density at radius 1 is 1.07 bits per heavy atom. The van der Waals surface area contributed by atoms with Gasteiger partial charge in [-0.25, -0.2) is 0 Å². The van der Waals surface area contributed by atoms with E-state index < -0.39 is 17.7 Å². The Morgan fingerprint density at radius 2 is 1.75 bits per heavy atom. The molecular weight excluding hydrogens is 570 g/mol. The van der Waals surface area contributed by atoms with Crippen LogP contribution in [0.2, 0.25) is 0 Å². The Kier molecular flexibility index (Phi) is 15.7. The largest absolute Gasteiger partial charge is 0.342 e. The number of piperidine rings is 1. The van der Waals surface area contributed by atoms with Crippen molar-refractivity contribution in [2.75, 3.05) is 13.1 Å². The van der Waals surface area contributed by atoms with Crippen LogP contribution in [0.4, 0.5) is 0 Å². The summed E-state index contributed by atoms with van der Waals surface area (Å²) in [6, 6.07) is 14.1. The van der Waals surface area contributed by atoms with Gasteiger partial charge in [-0.15, -0.1) is 0 Å². The van der Waals surface area contributed by atoms with Gasteiger partial charge in [0, 0.05) is 11.8 Å². The second kappa shape index (κ2) is 18.9. The lowest BCUT2D eigenvalue weighted by atomic mass is 9.88. The first-order valence-corrected chi connectivity index (χ1v) is 16.0. The smallest absolute Gasteiger partial charge is 0.244 e. The summed E-state index contributed by atoms with van der Waals surface area (Å²) < 4.78 is 0. The third-order valence-corrected chi connectivity index (χ3v) is 8.03. The molecule has 8 nitrogen and oxygen atoms in total. The van der Waals surface area contributed by atoms with Crippen molar-refractivity contribution in [3.05, 3.63) is 95.3 Å². The highest BCUT2D eigenvalue weighted by Crippen LogP contribution is 2.23. The number of thioether (sulfide) groups is 1. The van der Waals surface area contributed by atoms with Gasteiger partial charge in [-0.05, 0) is 75.2 Å². The predicted octanol–water partition coefficient (Wildman–Crippen LogP) is 5.36. The number of nitrogens with one attached hydrogen (secondary N) is 4. The highest BCUT2D eigenvalue weighted by molar-refractivity contribution is 8.06. The van der Waals surface area contributed by atoms with Crippen LogP contribution in [0.15, 0.2) is 89.7 Å². The molecule has 238 valence electrons. The van der Waals surface area contributed by atoms with Crippen molar-refractivity contribution in [2.45, 2.75) is 77.5 Å². The highest BCUT2D eigenvalue weighted by atomic mass is 32.2. The molecule has 1 aliphatic heterocycles. The summed E-state index contributed by atoms with van der Waals surface area (Å²) in [7, 11) is 0. The van der Waals surface area contributed by atoms with Crippen molar-refractivity contribution in [3.8, 4) is 0 Å². The number of hydrogen-bond acceptors (Lipinski definition) is 6. The summed E-state index contributed by atoms with van der Waals surface area (Å²) in [5, 5.41) is 16.0. The molecule has 0 aromatic heterocycles. The van der Waals surface area contributed by atoms with E-state index in [0.29, 0.717) is 38.8 Å². The maximum atomic E-state index is 13.1. The molecule has 1 aliphatic rings. The molecule has 0 bridgehead atoms. The van der Waals surface area contributed by atoms with Crippen molar-refractivity contribution in [1.29, 1.82) is 0 Å². The van der Waals surface area contributed by atoms with E-state index in [4.69, 9.17) is 5.73 Å². The zero-order chi connectivity index (χ0) is 32.5. The molecule has 0 spiro atoms. The lowest BCUT2D eigenvalue weighted by Crippen LogP contribution is -2.62. The van der Waals surface area contributed by atoms with E-state index in [9.17, 15) is 14.4 Å². The van der Waals surface area contributed by atoms with Crippen molar-refractivity contribution in [3.63, 3.8) is 0 Å². The molecule has 0 saturated carbocycles. The molecule has 9 heteroatoms. The second-order valence-corrected chi connectivity index (χ2v) is 12.1. The van der Waals surface area contributed by atoms with Gasteiger partial charge in [0.05, 0.1) is 11.7 Å². The zero-order valence-electron chi connectivity index (χ0n) is 26.6. The maximum absolute atomic E-state index is 13.1. The van der Waals surface area contributed by atoms with Crippen molar-refractivity contribution in [1.82, 2.24) is 21.3 Å². The SMILES string of the molecule is C=CC(=C)S/C=C(\C/C=C\CC)C[C@@H](NC(=O)C1(N)CCNCC1)C(=O)N[C@H](C)NC(C)=O.Cc1ccc2ccccc2c1. The molecule has 3 amide bonds. The number of nitrogens with two attached hydrogens (primary N) is 1. The summed E-state index contributed by atoms with van der Waals surface area (Å²) in [6.45, 7) is 16.1. The van der Waals surface area contributed by atoms with Crippen molar-refractivity contribution >= 4 is 40.3 Å². The number of amides is 3. The number of carbonyl (C=O) groups excluding carboxylic acids is 3. The van der Waals surface area contributed by atoms with E-state index in [1.54, 1.807) is 13.0 Å². The fraction of sp³-hybridized carbons (Fsp3) is 0.400. The predicted molar refractivity (Wildman–Crippen MR) is 185 cm³/mol. The number of rotatable bonds is 13. The van der Waals surface area contributed by atoms with E-state index in [0.717, 1.165) is 16.9 Å². The first kappa shape index (κ1) is 36.5. The standard InChI is InChI=1S/C24H39N5O3S.C11H10/c1-6-8-9-10-20(16-33-17(3)7-2)15-21(22(31)28-18(4)27-19(5)30)29-23(32)24(25)11-13-26-14-12-24;1-9-6-7-10-4-2-3-5-11(10)8-9/h7-9,16,18,21,26H,2-3,6,10-15,25H2,1,4-5H3,(H,27,30)(H,28,31)(H,29,32);2-8H,1H3/b9-8-,20-16+;/t18-,21-;/m1./s1. The van der Waals surface area contributed by atoms with Crippen LogP contribution in [-0.2, 0) is 14.4 Å². The van der Waals surface area contributed by atoms with Gasteiger partial charge in [-0.3, -0.25) is 14.4 Å². The van der Waals surface area contributed by atoms with Crippen molar-refractivity contribution in [2.24, 2.45) is 5.73 Å². The monoisotopic (exact) mass is 619 g/mol. The van der Waals surface area contributed by atoms with E-state index in [1.165, 1.54) is 35.0 Å². The molecule has 0 unspecified atom stereocenters. The summed E-state index contributed by atoms with van der Waals surface area (Å²) in [5.74, 6) is -0.994. The van der Waals surface area contributed by atoms with E-state index >= 15 is 0 Å². The summed E-state index contributed by atoms with van der Waals surface area (Å²) >= 11 is 1.42. The third-order valence-electron chi connectivity index (χ3n) is 7.11. The second-order valence-electron chi connectivity index (χ2n) is 11.1. The summed E-state index contributed by atoms with van der Waals surface area (Å²) in [5.41, 5.74) is 7.63. The first-order valence-electron chi connectivity index (χ1n) is 15.1. The molecular formula is C35H49N5O3S. The lowest BCUT2D eigenvalue weighted by molar-refractivity contribution is -0.133. The quantitative estimate of drug-likeness (QED) is 0.117. The van der Waals surface area contributed by atoms with Gasteiger partial charge in [-0.1, -0.05) is 104 Å². The van der Waals surface area contributed by atoms with Crippen LogP contribution in [0.1, 0.15) is 58.4 Å². The molecule has 6 N–H and O–H groups in total. The minimum absolute atomic E-state index is 0.261. The number of hydrogen-bond donors (Lipinski definition) is 5. The molecule has 1 heterocycles. The lowest BCUT2D eigenvalue weighted by Gasteiger charge is -2.34. The van der Waals surface area contributed by atoms with Crippen LogP contribution in [0, 0.1) is 6.92 Å². The van der Waals surface area contributed by atoms with Crippen LogP contribution >= 0.6 is 11.8 Å². The number of allylic oxidation sites excluding steroid dienone is 3. The molecule has 0 radical (unpaired) electrons. The van der Waals surface area contributed by atoms with E-state index in [-0.39, 0.29) is 17.7 Å². The average molecular weight is 620 g/mol. The number of benzene rings is 2. The van der Waals surface area contributed by atoms with Crippen LogP contribution in [0.3, 0.4) is 0 Å². The normalized spacial score (nSPS) is 15.8. The Labute approximate surface area is 267 Å². The fourth-order valence-corrected chi connectivity index (χ4v) is 5.23. The van der Waals surface area contributed by atoms with Crippen molar-refractivity contribution < 1.29 is 14.4 Å². The molecule has 2 atom stereocenters. The number of carbonyl (C=O) groups is 3. The van der Waals surface area contributed by atoms with Gasteiger partial charge in [-0.2, -0.15) is 0 Å². The molecule has 3 rings (SSSR count). The fourth-order valence-electron chi connectivity index (χ4n) is 4.63. The number of aryl methyl sites for hydroxylation is 1. The highest BCUT2D eigenvalue weighted by Gasteiger charge is 2.37. The summed E-state index contributed by atoms with van der Waals surface area (Å²) in [4.78, 5) is 38.3. The van der Waals surface area contributed by atoms with E-state index in [2.05, 4.69) is 89.9 Å². The number of fused-ring (bicyclic) bond motifs is 1. The van der Waals surface area contributed by atoms with Crippen LogP contribution < -0.4 is 27.0 Å². The Bertz CT molecular complexity index is 1350. The minimum atomic E-state index is -1.02. The first-order chi connectivity index (χ1) is 21.0. The van der Waals surface area contributed by atoms with Crippen LogP contribution in [0.5, 0.6) is 0 Å². The molecule has 0 aliphatic carbocycles. The van der Waals surface area contributed by atoms with Crippen LogP contribution in [0.25, 0.3) is 10.8 Å². The molecule has 2 aromatic carbocycles. The Balaban J connectivity index is 0.000000505. The van der Waals surface area contributed by atoms with Gasteiger partial charge in [0.25, 0.3) is 0 Å². The molecule has 44 heavy (non-hydrogen) atoms. The van der Waals surface area contributed by atoms with E-state index in [1.807, 2.05) is 18.4 Å². The third kappa shape index (κ3) is 12.9. The van der Waals surface area contributed by atoms with Gasteiger partial charge < -0.3 is 27.0 Å². The topological polar surface area (TPSA) is 125 Å². The molecule has 1 saturated heterocycles. The Hall–Kier alpha value is -3.66. The zero-order valence-corrected chi connectivity index (χ0v) is 27.4. The summed E-state index contributed by atoms with van der Waals surface area (Å²) in [6.07, 6.45) is 7.98. The van der Waals surface area contributed by atoms with Gasteiger partial charge in [0.1, 0.15) is 6.04 Å². The minimum Gasteiger partial charge on any atom is -0.342 e. The molecule has 1 fully saturated rings. The molecule has 2 aromatic rings. The Morgan fingerprint density at radius 3 is 2.39 bits per heavy atom. The maximum Gasteiger partial charge on any atom is 0.244 e. The van der Waals surface area contributed by atoms with Gasteiger partial charge in [0.15, 0.2) is 0 Å².